The number of rotatable bonds is 10. The fourth-order valence-corrected chi connectivity index (χ4v) is 5.18. The number of amides is 1. The third kappa shape index (κ3) is 5.25. The van der Waals surface area contributed by atoms with Gasteiger partial charge >= 0.3 is 0 Å². The van der Waals surface area contributed by atoms with Crippen molar-refractivity contribution in [2.24, 2.45) is 0 Å². The maximum Gasteiger partial charge on any atom is 0.276 e. The maximum atomic E-state index is 13.2. The van der Waals surface area contributed by atoms with Gasteiger partial charge in [-0.25, -0.2) is 4.98 Å². The second-order valence-corrected chi connectivity index (χ2v) is 9.48. The molecule has 35 heavy (non-hydrogen) atoms. The van der Waals surface area contributed by atoms with Gasteiger partial charge in [-0.05, 0) is 35.6 Å². The van der Waals surface area contributed by atoms with Crippen LogP contribution < -0.4 is 4.74 Å². The highest BCUT2D eigenvalue weighted by Gasteiger charge is 2.38. The fourth-order valence-electron chi connectivity index (χ4n) is 5.18. The Balaban J connectivity index is 1.76. The summed E-state index contributed by atoms with van der Waals surface area (Å²) in [4.78, 5) is 23.6. The van der Waals surface area contributed by atoms with Gasteiger partial charge in [-0.15, -0.1) is 0 Å². The van der Waals surface area contributed by atoms with Crippen molar-refractivity contribution >= 4 is 16.7 Å². The highest BCUT2D eigenvalue weighted by Crippen LogP contribution is 2.46. The number of hydrogen-bond acceptors (Lipinski definition) is 6. The molecule has 0 atom stereocenters. The first-order valence-corrected chi connectivity index (χ1v) is 12.6. The van der Waals surface area contributed by atoms with Crippen molar-refractivity contribution in [3.8, 4) is 11.6 Å². The minimum Gasteiger partial charge on any atom is -0.491 e. The number of carbonyl (C=O) groups excluding carboxylic acids is 1. The van der Waals surface area contributed by atoms with Crippen LogP contribution in [-0.4, -0.2) is 57.8 Å². The molecule has 0 bridgehead atoms. The third-order valence-electron chi connectivity index (χ3n) is 7.04. The van der Waals surface area contributed by atoms with Gasteiger partial charge in [0.15, 0.2) is 5.69 Å². The number of unbranched alkanes of at least 4 members (excludes halogenated alkanes) is 1. The van der Waals surface area contributed by atoms with E-state index in [1.54, 1.807) is 7.05 Å². The molecule has 7 nitrogen and oxygen atoms in total. The van der Waals surface area contributed by atoms with Crippen LogP contribution in [0, 0.1) is 0 Å². The molecular formula is C28H35N3O4. The SMILES string of the molecule is CCCCOc1c(O)nc(CC2(c3cccc4ccccc34)CCCC2)nc1C(=O)N(C)CCO. The Morgan fingerprint density at radius 3 is 2.60 bits per heavy atom. The van der Waals surface area contributed by atoms with E-state index in [2.05, 4.69) is 46.4 Å². The molecule has 1 amide bonds. The van der Waals surface area contributed by atoms with E-state index in [0.29, 0.717) is 18.9 Å². The van der Waals surface area contributed by atoms with Gasteiger partial charge in [0.1, 0.15) is 5.82 Å². The van der Waals surface area contributed by atoms with E-state index in [1.165, 1.54) is 21.2 Å². The molecule has 4 rings (SSSR count). The summed E-state index contributed by atoms with van der Waals surface area (Å²) in [6.07, 6.45) is 6.43. The number of carbonyl (C=O) groups is 1. The molecule has 0 spiro atoms. The van der Waals surface area contributed by atoms with Crippen LogP contribution in [0.2, 0.25) is 0 Å². The molecular weight excluding hydrogens is 442 g/mol. The number of nitrogens with zero attached hydrogens (tertiary/aromatic N) is 3. The Morgan fingerprint density at radius 1 is 1.11 bits per heavy atom. The molecule has 1 heterocycles. The van der Waals surface area contributed by atoms with Crippen LogP contribution >= 0.6 is 0 Å². The van der Waals surface area contributed by atoms with Crippen LogP contribution in [-0.2, 0) is 11.8 Å². The van der Waals surface area contributed by atoms with Gasteiger partial charge in [0, 0.05) is 25.4 Å². The van der Waals surface area contributed by atoms with E-state index in [9.17, 15) is 15.0 Å². The number of aromatic hydroxyl groups is 1. The van der Waals surface area contributed by atoms with Crippen molar-refractivity contribution in [2.75, 3.05) is 26.8 Å². The van der Waals surface area contributed by atoms with Crippen LogP contribution in [0.1, 0.15) is 67.3 Å². The lowest BCUT2D eigenvalue weighted by Crippen LogP contribution is -2.32. The lowest BCUT2D eigenvalue weighted by molar-refractivity contribution is 0.0754. The van der Waals surface area contributed by atoms with E-state index in [-0.39, 0.29) is 35.9 Å². The summed E-state index contributed by atoms with van der Waals surface area (Å²) in [5.74, 6) is -0.267. The van der Waals surface area contributed by atoms with Gasteiger partial charge in [-0.2, -0.15) is 4.98 Å². The molecule has 1 aliphatic rings. The Kier molecular flexibility index (Phi) is 7.86. The van der Waals surface area contributed by atoms with E-state index >= 15 is 0 Å². The summed E-state index contributed by atoms with van der Waals surface area (Å²) in [6, 6.07) is 14.8. The molecule has 1 fully saturated rings. The van der Waals surface area contributed by atoms with Gasteiger partial charge in [0.2, 0.25) is 5.75 Å². The molecule has 1 aromatic heterocycles. The number of aliphatic hydroxyl groups is 1. The number of benzene rings is 2. The number of fused-ring (bicyclic) bond motifs is 1. The predicted molar refractivity (Wildman–Crippen MR) is 136 cm³/mol. The predicted octanol–water partition coefficient (Wildman–Crippen LogP) is 4.63. The van der Waals surface area contributed by atoms with E-state index < -0.39 is 5.91 Å². The summed E-state index contributed by atoms with van der Waals surface area (Å²) in [5, 5.41) is 22.6. The molecule has 2 N–H and O–H groups in total. The Hall–Kier alpha value is -3.19. The molecule has 3 aromatic rings. The van der Waals surface area contributed by atoms with Crippen molar-refractivity contribution in [2.45, 2.75) is 57.3 Å². The Labute approximate surface area is 206 Å². The summed E-state index contributed by atoms with van der Waals surface area (Å²) < 4.78 is 5.77. The average Bonchev–Trinajstić information content (AvgIpc) is 3.33. The second kappa shape index (κ2) is 11.0. The fraction of sp³-hybridized carbons (Fsp3) is 0.464. The molecule has 0 unspecified atom stereocenters. The zero-order valence-electron chi connectivity index (χ0n) is 20.7. The first kappa shape index (κ1) is 24.9. The van der Waals surface area contributed by atoms with Crippen LogP contribution in [0.5, 0.6) is 11.6 Å². The molecule has 186 valence electrons. The molecule has 1 saturated carbocycles. The zero-order valence-corrected chi connectivity index (χ0v) is 20.7. The van der Waals surface area contributed by atoms with Crippen LogP contribution in [0.3, 0.4) is 0 Å². The van der Waals surface area contributed by atoms with Gasteiger partial charge in [-0.1, -0.05) is 68.7 Å². The van der Waals surface area contributed by atoms with Crippen molar-refractivity contribution in [3.63, 3.8) is 0 Å². The van der Waals surface area contributed by atoms with Crippen molar-refractivity contribution < 1.29 is 19.7 Å². The monoisotopic (exact) mass is 477 g/mol. The van der Waals surface area contributed by atoms with E-state index in [0.717, 1.165) is 38.5 Å². The smallest absolute Gasteiger partial charge is 0.276 e. The number of ether oxygens (including phenoxy) is 1. The Morgan fingerprint density at radius 2 is 1.86 bits per heavy atom. The molecule has 7 heteroatoms. The summed E-state index contributed by atoms with van der Waals surface area (Å²) in [6.45, 7) is 2.39. The van der Waals surface area contributed by atoms with Gasteiger partial charge in [0.05, 0.1) is 13.2 Å². The highest BCUT2D eigenvalue weighted by molar-refractivity contribution is 5.95. The topological polar surface area (TPSA) is 95.8 Å². The maximum absolute atomic E-state index is 13.2. The summed E-state index contributed by atoms with van der Waals surface area (Å²) in [5.41, 5.74) is 1.14. The minimum atomic E-state index is -0.407. The first-order chi connectivity index (χ1) is 17.0. The molecule has 0 saturated heterocycles. The number of hydrogen-bond donors (Lipinski definition) is 2. The van der Waals surface area contributed by atoms with E-state index in [1.807, 2.05) is 13.0 Å². The van der Waals surface area contributed by atoms with Crippen molar-refractivity contribution in [1.29, 1.82) is 0 Å². The van der Waals surface area contributed by atoms with Crippen LogP contribution in [0.25, 0.3) is 10.8 Å². The summed E-state index contributed by atoms with van der Waals surface area (Å²) >= 11 is 0. The van der Waals surface area contributed by atoms with Gasteiger partial charge in [0.25, 0.3) is 11.8 Å². The van der Waals surface area contributed by atoms with Crippen LogP contribution in [0.15, 0.2) is 42.5 Å². The largest absolute Gasteiger partial charge is 0.491 e. The molecule has 0 radical (unpaired) electrons. The molecule has 2 aromatic carbocycles. The van der Waals surface area contributed by atoms with Crippen molar-refractivity contribution in [3.05, 3.63) is 59.5 Å². The molecule has 0 aliphatic heterocycles. The molecule has 1 aliphatic carbocycles. The number of aromatic nitrogens is 2. The number of aliphatic hydroxyl groups excluding tert-OH is 1. The quantitative estimate of drug-likeness (QED) is 0.413. The van der Waals surface area contributed by atoms with Crippen molar-refractivity contribution in [1.82, 2.24) is 14.9 Å². The lowest BCUT2D eigenvalue weighted by Gasteiger charge is -2.31. The standard InChI is InChI=1S/C28H35N3O4/c1-3-4-18-35-25-24(27(34)31(2)16-17-32)29-23(30-26(25)33)19-28(14-7-8-15-28)22-13-9-11-20-10-5-6-12-21(20)22/h5-6,9-13,32H,3-4,7-8,14-19H2,1-2H3,(H,29,30,33). The highest BCUT2D eigenvalue weighted by atomic mass is 16.5. The van der Waals surface area contributed by atoms with Gasteiger partial charge in [-0.3, -0.25) is 4.79 Å². The van der Waals surface area contributed by atoms with Gasteiger partial charge < -0.3 is 19.8 Å². The lowest BCUT2D eigenvalue weighted by atomic mass is 9.74. The summed E-state index contributed by atoms with van der Waals surface area (Å²) in [7, 11) is 1.60. The second-order valence-electron chi connectivity index (χ2n) is 9.48. The Bertz CT molecular complexity index is 1170. The third-order valence-corrected chi connectivity index (χ3v) is 7.04. The number of likely N-dealkylation sites (N-methyl/N-ethyl adjacent to an activating group) is 1. The van der Waals surface area contributed by atoms with Crippen LogP contribution in [0.4, 0.5) is 0 Å². The zero-order chi connectivity index (χ0) is 24.8. The normalized spacial score (nSPS) is 14.8. The first-order valence-electron chi connectivity index (χ1n) is 12.6. The average molecular weight is 478 g/mol. The van der Waals surface area contributed by atoms with E-state index in [4.69, 9.17) is 4.74 Å². The minimum absolute atomic E-state index is 0.0163.